The van der Waals surface area contributed by atoms with Crippen LogP contribution in [0.25, 0.3) is 10.8 Å². The van der Waals surface area contributed by atoms with E-state index in [0.717, 1.165) is 23.8 Å². The SMILES string of the molecule is CN(C)CC1=Nc2cccc3cccc(c23)N1. The number of nitrogens with zero attached hydrogens (tertiary/aromatic N) is 2. The molecule has 0 radical (unpaired) electrons. The van der Waals surface area contributed by atoms with Crippen LogP contribution in [0, 0.1) is 0 Å². The number of rotatable bonds is 2. The van der Waals surface area contributed by atoms with Crippen molar-refractivity contribution in [1.82, 2.24) is 4.90 Å². The molecular weight excluding hydrogens is 210 g/mol. The first-order valence-electron chi connectivity index (χ1n) is 5.75. The van der Waals surface area contributed by atoms with Gasteiger partial charge in [-0.1, -0.05) is 24.3 Å². The highest BCUT2D eigenvalue weighted by atomic mass is 15.1. The number of benzene rings is 2. The molecule has 3 nitrogen and oxygen atoms in total. The molecule has 1 aliphatic heterocycles. The van der Waals surface area contributed by atoms with Crippen molar-refractivity contribution in [2.24, 2.45) is 4.99 Å². The molecule has 0 unspecified atom stereocenters. The van der Waals surface area contributed by atoms with E-state index >= 15 is 0 Å². The van der Waals surface area contributed by atoms with Gasteiger partial charge >= 0.3 is 0 Å². The highest BCUT2D eigenvalue weighted by Gasteiger charge is 2.13. The van der Waals surface area contributed by atoms with Gasteiger partial charge in [0.2, 0.25) is 0 Å². The fourth-order valence-electron chi connectivity index (χ4n) is 2.22. The van der Waals surface area contributed by atoms with Crippen molar-refractivity contribution in [3.05, 3.63) is 36.4 Å². The number of hydrogen-bond donors (Lipinski definition) is 1. The number of anilines is 1. The lowest BCUT2D eigenvalue weighted by atomic mass is 10.1. The zero-order chi connectivity index (χ0) is 11.8. The van der Waals surface area contributed by atoms with Gasteiger partial charge < -0.3 is 10.2 Å². The number of amidine groups is 1. The molecule has 3 heteroatoms. The lowest BCUT2D eigenvalue weighted by Gasteiger charge is -2.20. The smallest absolute Gasteiger partial charge is 0.121 e. The van der Waals surface area contributed by atoms with Gasteiger partial charge in [-0.25, -0.2) is 4.99 Å². The molecule has 86 valence electrons. The number of likely N-dealkylation sites (N-methyl/N-ethyl adjacent to an activating group) is 1. The Kier molecular flexibility index (Phi) is 2.34. The van der Waals surface area contributed by atoms with Crippen molar-refractivity contribution in [2.75, 3.05) is 26.0 Å². The molecule has 0 aliphatic carbocycles. The summed E-state index contributed by atoms with van der Waals surface area (Å²) in [7, 11) is 4.09. The molecule has 1 N–H and O–H groups in total. The summed E-state index contributed by atoms with van der Waals surface area (Å²) in [6.45, 7) is 0.824. The van der Waals surface area contributed by atoms with Crippen molar-refractivity contribution < 1.29 is 0 Å². The zero-order valence-electron chi connectivity index (χ0n) is 10.1. The van der Waals surface area contributed by atoms with Crippen molar-refractivity contribution in [1.29, 1.82) is 0 Å². The Labute approximate surface area is 101 Å². The van der Waals surface area contributed by atoms with Gasteiger partial charge in [0.05, 0.1) is 12.2 Å². The van der Waals surface area contributed by atoms with Crippen LogP contribution in [0.15, 0.2) is 41.4 Å². The van der Waals surface area contributed by atoms with Gasteiger partial charge in [-0.05, 0) is 31.6 Å². The van der Waals surface area contributed by atoms with Crippen LogP contribution in [-0.2, 0) is 0 Å². The molecule has 0 spiro atoms. The maximum atomic E-state index is 4.67. The van der Waals surface area contributed by atoms with Gasteiger partial charge in [0.1, 0.15) is 5.84 Å². The van der Waals surface area contributed by atoms with Crippen LogP contribution < -0.4 is 5.32 Å². The van der Waals surface area contributed by atoms with Crippen molar-refractivity contribution in [3.63, 3.8) is 0 Å². The van der Waals surface area contributed by atoms with E-state index in [1.54, 1.807) is 0 Å². The summed E-state index contributed by atoms with van der Waals surface area (Å²) < 4.78 is 0. The van der Waals surface area contributed by atoms with E-state index in [2.05, 4.69) is 51.6 Å². The monoisotopic (exact) mass is 225 g/mol. The van der Waals surface area contributed by atoms with E-state index in [-0.39, 0.29) is 0 Å². The molecule has 0 atom stereocenters. The summed E-state index contributed by atoms with van der Waals surface area (Å²) in [5.74, 6) is 1.00. The number of hydrogen-bond acceptors (Lipinski definition) is 3. The highest BCUT2D eigenvalue weighted by molar-refractivity contribution is 6.14. The highest BCUT2D eigenvalue weighted by Crippen LogP contribution is 2.35. The van der Waals surface area contributed by atoms with Crippen molar-refractivity contribution >= 4 is 28.0 Å². The molecule has 2 aromatic carbocycles. The third-order valence-electron chi connectivity index (χ3n) is 2.88. The predicted octanol–water partition coefficient (Wildman–Crippen LogP) is 2.86. The second kappa shape index (κ2) is 3.86. The predicted molar refractivity (Wildman–Crippen MR) is 73.2 cm³/mol. The second-order valence-corrected chi connectivity index (χ2v) is 4.60. The summed E-state index contributed by atoms with van der Waals surface area (Å²) in [6.07, 6.45) is 0. The quantitative estimate of drug-likeness (QED) is 0.851. The minimum absolute atomic E-state index is 0.824. The number of aliphatic imine (C=N–C) groups is 1. The van der Waals surface area contributed by atoms with Crippen LogP contribution in [0.4, 0.5) is 11.4 Å². The normalized spacial score (nSPS) is 13.7. The van der Waals surface area contributed by atoms with Crippen LogP contribution in [0.5, 0.6) is 0 Å². The van der Waals surface area contributed by atoms with E-state index in [9.17, 15) is 0 Å². The van der Waals surface area contributed by atoms with E-state index in [4.69, 9.17) is 0 Å². The topological polar surface area (TPSA) is 27.6 Å². The van der Waals surface area contributed by atoms with Gasteiger partial charge in [0.15, 0.2) is 0 Å². The van der Waals surface area contributed by atoms with Crippen LogP contribution in [-0.4, -0.2) is 31.4 Å². The molecule has 0 saturated heterocycles. The minimum Gasteiger partial charge on any atom is -0.342 e. The van der Waals surface area contributed by atoms with Crippen molar-refractivity contribution in [2.45, 2.75) is 0 Å². The first-order chi connectivity index (χ1) is 8.24. The maximum Gasteiger partial charge on any atom is 0.121 e. The average molecular weight is 225 g/mol. The van der Waals surface area contributed by atoms with Crippen LogP contribution >= 0.6 is 0 Å². The molecule has 0 fully saturated rings. The molecule has 3 rings (SSSR count). The number of nitrogens with one attached hydrogen (secondary N) is 1. The van der Waals surface area contributed by atoms with Crippen LogP contribution in [0.2, 0.25) is 0 Å². The first-order valence-corrected chi connectivity index (χ1v) is 5.75. The van der Waals surface area contributed by atoms with Gasteiger partial charge in [-0.15, -0.1) is 0 Å². The van der Waals surface area contributed by atoms with Gasteiger partial charge in [-0.3, -0.25) is 0 Å². The van der Waals surface area contributed by atoms with E-state index in [1.165, 1.54) is 10.8 Å². The Morgan fingerprint density at radius 2 is 1.88 bits per heavy atom. The Morgan fingerprint density at radius 3 is 2.65 bits per heavy atom. The third-order valence-corrected chi connectivity index (χ3v) is 2.88. The molecule has 2 aromatic rings. The maximum absolute atomic E-state index is 4.67. The summed E-state index contributed by atoms with van der Waals surface area (Å²) in [4.78, 5) is 6.78. The minimum atomic E-state index is 0.824. The molecule has 0 bridgehead atoms. The third kappa shape index (κ3) is 1.78. The fourth-order valence-corrected chi connectivity index (χ4v) is 2.22. The molecule has 0 saturated carbocycles. The fraction of sp³-hybridized carbons (Fsp3) is 0.214. The largest absolute Gasteiger partial charge is 0.342 e. The van der Waals surface area contributed by atoms with E-state index in [1.807, 2.05) is 14.1 Å². The summed E-state index contributed by atoms with van der Waals surface area (Å²) in [6, 6.07) is 12.6. The van der Waals surface area contributed by atoms with E-state index < -0.39 is 0 Å². The lowest BCUT2D eigenvalue weighted by molar-refractivity contribution is 0.469. The summed E-state index contributed by atoms with van der Waals surface area (Å²) >= 11 is 0. The molecule has 1 heterocycles. The van der Waals surface area contributed by atoms with Crippen molar-refractivity contribution in [3.8, 4) is 0 Å². The molecular formula is C14H15N3. The van der Waals surface area contributed by atoms with Crippen LogP contribution in [0.1, 0.15) is 0 Å². The first kappa shape index (κ1) is 10.3. The molecule has 1 aliphatic rings. The summed E-state index contributed by atoms with van der Waals surface area (Å²) in [5.41, 5.74) is 2.22. The van der Waals surface area contributed by atoms with Crippen LogP contribution in [0.3, 0.4) is 0 Å². The Bertz CT molecular complexity index is 594. The van der Waals surface area contributed by atoms with Gasteiger partial charge in [0, 0.05) is 11.1 Å². The standard InChI is InChI=1S/C14H15N3/c1-17(2)9-13-15-11-7-3-5-10-6-4-8-12(16-13)14(10)11/h3-8H,9H2,1-2H3,(H,15,16). The Morgan fingerprint density at radius 1 is 1.12 bits per heavy atom. The molecule has 0 aromatic heterocycles. The van der Waals surface area contributed by atoms with E-state index in [0.29, 0.717) is 0 Å². The second-order valence-electron chi connectivity index (χ2n) is 4.60. The zero-order valence-corrected chi connectivity index (χ0v) is 10.1. The molecule has 17 heavy (non-hydrogen) atoms. The Hall–Kier alpha value is -1.87. The molecule has 0 amide bonds. The van der Waals surface area contributed by atoms with Gasteiger partial charge in [-0.2, -0.15) is 0 Å². The lowest BCUT2D eigenvalue weighted by Crippen LogP contribution is -2.28. The van der Waals surface area contributed by atoms with Gasteiger partial charge in [0.25, 0.3) is 0 Å². The summed E-state index contributed by atoms with van der Waals surface area (Å²) in [5, 5.41) is 5.86. The Balaban J connectivity index is 2.16. The average Bonchev–Trinajstić information content (AvgIpc) is 2.28.